The lowest BCUT2D eigenvalue weighted by molar-refractivity contribution is -0.277. The Hall–Kier alpha value is -4.47. The van der Waals surface area contributed by atoms with Gasteiger partial charge in [0.1, 0.15) is 26.4 Å². The van der Waals surface area contributed by atoms with Gasteiger partial charge in [-0.1, -0.05) is 48.5 Å². The molecule has 0 fully saturated rings. The van der Waals surface area contributed by atoms with Gasteiger partial charge in [-0.3, -0.25) is 0 Å². The van der Waals surface area contributed by atoms with E-state index in [1.165, 1.54) is 0 Å². The van der Waals surface area contributed by atoms with Crippen molar-refractivity contribution in [2.75, 3.05) is 0 Å². The Morgan fingerprint density at radius 1 is 0.389 bits per heavy atom. The van der Waals surface area contributed by atoms with E-state index in [1.54, 1.807) is 0 Å². The van der Waals surface area contributed by atoms with Gasteiger partial charge >= 0.3 is 47.4 Å². The quantitative estimate of drug-likeness (QED) is 0.200. The second-order valence-electron chi connectivity index (χ2n) is 11.8. The predicted molar refractivity (Wildman–Crippen MR) is 140 cm³/mol. The highest BCUT2D eigenvalue weighted by atomic mass is 19.4. The van der Waals surface area contributed by atoms with Gasteiger partial charge in [-0.25, -0.2) is 13.2 Å². The molecule has 3 aliphatic rings. The maximum atomic E-state index is 14.6. The van der Waals surface area contributed by atoms with E-state index in [0.29, 0.717) is 0 Å². The van der Waals surface area contributed by atoms with Crippen LogP contribution in [0.15, 0.2) is 83.2 Å². The van der Waals surface area contributed by atoms with Crippen LogP contribution in [-0.4, -0.2) is 53.6 Å². The summed E-state index contributed by atoms with van der Waals surface area (Å²) in [5.41, 5.74) is -0.981. The van der Waals surface area contributed by atoms with E-state index in [1.807, 2.05) is 0 Å². The third-order valence-corrected chi connectivity index (χ3v) is 8.16. The SMILES string of the molecule is FC1=C(OCc2ccc(COC3=C(OCc4ccc(COC5=C(F)C(F)(F)C(F)(F)C5(F)F)cc4)C(F)(F)C(F)(F)C3(F)F)cc2)C(F)C(F)(F)C1(F)F. The molecule has 0 aromatic heterocycles. The molecule has 0 saturated heterocycles. The fourth-order valence-electron chi connectivity index (χ4n) is 4.96. The van der Waals surface area contributed by atoms with Crippen LogP contribution in [0.4, 0.5) is 83.4 Å². The van der Waals surface area contributed by atoms with Crippen LogP contribution in [0.3, 0.4) is 0 Å². The maximum absolute atomic E-state index is 14.6. The number of rotatable bonds is 12. The standard InChI is InChI=1S/C31H17F19O4/c32-18-17(19(33)25(37,38)24(18,35)36)51-9-13-1-3-15(4-2-13)11-53-22-23(29(45,46)31(49,50)28(22,43)44)54-12-16-7-5-14(6-8-16)10-52-21-20(34)26(39,40)30(47,48)27(21,41)42/h1-8,18H,9-12H2. The predicted octanol–water partition coefficient (Wildman–Crippen LogP) is 10.5. The van der Waals surface area contributed by atoms with Gasteiger partial charge in [-0.2, -0.15) is 70.2 Å². The summed E-state index contributed by atoms with van der Waals surface area (Å²) in [7, 11) is 0. The van der Waals surface area contributed by atoms with E-state index in [9.17, 15) is 83.4 Å². The number of hydrogen-bond acceptors (Lipinski definition) is 4. The van der Waals surface area contributed by atoms with E-state index in [4.69, 9.17) is 0 Å². The van der Waals surface area contributed by atoms with E-state index in [2.05, 4.69) is 18.9 Å². The van der Waals surface area contributed by atoms with Crippen LogP contribution < -0.4 is 0 Å². The Bertz CT molecular complexity index is 1860. The molecule has 0 heterocycles. The zero-order valence-electron chi connectivity index (χ0n) is 25.8. The van der Waals surface area contributed by atoms with Crippen molar-refractivity contribution in [1.82, 2.24) is 0 Å². The highest BCUT2D eigenvalue weighted by Crippen LogP contribution is 2.61. The molecule has 5 rings (SSSR count). The van der Waals surface area contributed by atoms with Crippen molar-refractivity contribution in [1.29, 1.82) is 0 Å². The van der Waals surface area contributed by atoms with Gasteiger partial charge in [0.2, 0.25) is 35.1 Å². The summed E-state index contributed by atoms with van der Waals surface area (Å²) < 4.78 is 280. The largest absolute Gasteiger partial charge is 0.487 e. The van der Waals surface area contributed by atoms with Gasteiger partial charge in [-0.15, -0.1) is 0 Å². The highest BCUT2D eigenvalue weighted by Gasteiger charge is 2.84. The fraction of sp³-hybridized carbons (Fsp3) is 0.419. The van der Waals surface area contributed by atoms with Crippen molar-refractivity contribution in [2.24, 2.45) is 0 Å². The Morgan fingerprint density at radius 2 is 0.685 bits per heavy atom. The number of alkyl halides is 17. The first-order chi connectivity index (χ1) is 24.6. The first-order valence-corrected chi connectivity index (χ1v) is 14.5. The lowest BCUT2D eigenvalue weighted by Gasteiger charge is -2.24. The van der Waals surface area contributed by atoms with Crippen LogP contribution in [0.2, 0.25) is 0 Å². The first kappa shape index (κ1) is 40.7. The van der Waals surface area contributed by atoms with Crippen molar-refractivity contribution in [3.8, 4) is 0 Å². The van der Waals surface area contributed by atoms with Gasteiger partial charge in [0.25, 0.3) is 0 Å². The smallest absolute Gasteiger partial charge is 0.387 e. The van der Waals surface area contributed by atoms with E-state index in [-0.39, 0.29) is 22.3 Å². The average molecular weight is 814 g/mol. The topological polar surface area (TPSA) is 36.9 Å². The second-order valence-corrected chi connectivity index (χ2v) is 11.8. The molecule has 1 atom stereocenters. The lowest BCUT2D eigenvalue weighted by Crippen LogP contribution is -2.49. The van der Waals surface area contributed by atoms with E-state index in [0.717, 1.165) is 48.5 Å². The van der Waals surface area contributed by atoms with Crippen molar-refractivity contribution >= 4 is 0 Å². The number of benzene rings is 2. The molecule has 2 aromatic rings. The van der Waals surface area contributed by atoms with Gasteiger partial charge < -0.3 is 18.9 Å². The molecule has 1 unspecified atom stereocenters. The number of halogens is 19. The molecule has 0 bridgehead atoms. The molecule has 23 heteroatoms. The summed E-state index contributed by atoms with van der Waals surface area (Å²) in [5.74, 6) is -61.8. The molecule has 0 spiro atoms. The monoisotopic (exact) mass is 814 g/mol. The average Bonchev–Trinajstić information content (AvgIpc) is 3.31. The molecule has 2 aromatic carbocycles. The highest BCUT2D eigenvalue weighted by molar-refractivity contribution is 5.36. The molecule has 0 radical (unpaired) electrons. The Morgan fingerprint density at radius 3 is 0.981 bits per heavy atom. The molecule has 0 saturated carbocycles. The van der Waals surface area contributed by atoms with Crippen molar-refractivity contribution in [3.05, 3.63) is 105 Å². The molecular formula is C31H17F19O4. The number of ether oxygens (including phenoxy) is 4. The van der Waals surface area contributed by atoms with Crippen molar-refractivity contribution in [3.63, 3.8) is 0 Å². The summed E-state index contributed by atoms with van der Waals surface area (Å²) in [6.07, 6.45) is -3.85. The molecular weight excluding hydrogens is 797 g/mol. The maximum Gasteiger partial charge on any atom is 0.387 e. The minimum atomic E-state index is -6.18. The minimum absolute atomic E-state index is 0.154. The van der Waals surface area contributed by atoms with Crippen molar-refractivity contribution < 1.29 is 102 Å². The Kier molecular flexibility index (Phi) is 9.65. The Balaban J connectivity index is 1.25. The third-order valence-electron chi connectivity index (χ3n) is 8.16. The summed E-state index contributed by atoms with van der Waals surface area (Å²) in [5, 5.41) is 0. The fourth-order valence-corrected chi connectivity index (χ4v) is 4.96. The third kappa shape index (κ3) is 5.86. The van der Waals surface area contributed by atoms with Crippen molar-refractivity contribution in [2.45, 2.75) is 80.0 Å². The summed E-state index contributed by atoms with van der Waals surface area (Å²) in [6.45, 7) is -4.57. The Labute approximate surface area is 288 Å². The molecule has 0 amide bonds. The zero-order valence-corrected chi connectivity index (χ0v) is 25.8. The first-order valence-electron chi connectivity index (χ1n) is 14.5. The van der Waals surface area contributed by atoms with E-state index < -0.39 is 115 Å². The lowest BCUT2D eigenvalue weighted by atomic mass is 10.1. The summed E-state index contributed by atoms with van der Waals surface area (Å²) in [4.78, 5) is 0. The normalized spacial score (nSPS) is 25.3. The molecule has 3 aliphatic carbocycles. The summed E-state index contributed by atoms with van der Waals surface area (Å²) in [6, 6.07) is 7.17. The minimum Gasteiger partial charge on any atom is -0.487 e. The van der Waals surface area contributed by atoms with Gasteiger partial charge in [0, 0.05) is 0 Å². The number of hydrogen-bond donors (Lipinski definition) is 0. The molecule has 54 heavy (non-hydrogen) atoms. The van der Waals surface area contributed by atoms with Gasteiger partial charge in [-0.05, 0) is 22.3 Å². The van der Waals surface area contributed by atoms with Gasteiger partial charge in [0.15, 0.2) is 5.76 Å². The van der Waals surface area contributed by atoms with Gasteiger partial charge in [0.05, 0.1) is 0 Å². The van der Waals surface area contributed by atoms with Crippen LogP contribution in [0, 0.1) is 0 Å². The molecule has 4 nitrogen and oxygen atoms in total. The van der Waals surface area contributed by atoms with Crippen LogP contribution in [0.1, 0.15) is 22.3 Å². The van der Waals surface area contributed by atoms with Crippen LogP contribution >= 0.6 is 0 Å². The molecule has 298 valence electrons. The summed E-state index contributed by atoms with van der Waals surface area (Å²) >= 11 is 0. The zero-order chi connectivity index (χ0) is 40.7. The molecule has 0 aliphatic heterocycles. The van der Waals surface area contributed by atoms with Crippen LogP contribution in [0.25, 0.3) is 0 Å². The van der Waals surface area contributed by atoms with Crippen LogP contribution in [0.5, 0.6) is 0 Å². The van der Waals surface area contributed by atoms with E-state index >= 15 is 0 Å². The molecule has 0 N–H and O–H groups in total. The number of allylic oxidation sites excluding steroid dienone is 6. The van der Waals surface area contributed by atoms with Crippen LogP contribution in [-0.2, 0) is 45.4 Å². The second kappa shape index (κ2) is 12.8.